The van der Waals surface area contributed by atoms with Crippen molar-refractivity contribution in [2.75, 3.05) is 0 Å². The highest BCUT2D eigenvalue weighted by Crippen LogP contribution is 2.42. The molecule has 1 atom stereocenters. The van der Waals surface area contributed by atoms with Gasteiger partial charge in [0.05, 0.1) is 27.4 Å². The van der Waals surface area contributed by atoms with Gasteiger partial charge in [0.25, 0.3) is 10.1 Å². The Morgan fingerprint density at radius 3 is 2.29 bits per heavy atom. The fourth-order valence-corrected chi connectivity index (χ4v) is 4.43. The van der Waals surface area contributed by atoms with Crippen molar-refractivity contribution in [3.8, 4) is 5.88 Å². The van der Waals surface area contributed by atoms with Crippen LogP contribution in [0.5, 0.6) is 5.88 Å². The van der Waals surface area contributed by atoms with Crippen molar-refractivity contribution in [1.82, 2.24) is 3.97 Å². The highest BCUT2D eigenvalue weighted by molar-refractivity contribution is 7.86. The summed E-state index contributed by atoms with van der Waals surface area (Å²) < 4.78 is 65.2. The Kier molecular flexibility index (Phi) is 3.89. The minimum Gasteiger partial charge on any atom is -0.493 e. The normalized spacial score (nSPS) is 17.0. The molecule has 0 fully saturated rings. The van der Waals surface area contributed by atoms with E-state index >= 15 is 0 Å². The molecule has 1 unspecified atom stereocenters. The average molecular weight is 424 g/mol. The third kappa shape index (κ3) is 2.70. The Balaban J connectivity index is 2.08. The lowest BCUT2D eigenvalue weighted by molar-refractivity contribution is 0.251. The summed E-state index contributed by atoms with van der Waals surface area (Å²) in [5, 5.41) is 21.1. The van der Waals surface area contributed by atoms with E-state index in [1.807, 2.05) is 0 Å². The molecule has 2 heterocycles. The monoisotopic (exact) mass is 424 g/mol. The first-order valence-corrected chi connectivity index (χ1v) is 10.5. The number of aromatic hydroxyl groups is 1. The maximum Gasteiger partial charge on any atom is 0.366 e. The predicted octanol–water partition coefficient (Wildman–Crippen LogP) is 1.41. The number of aromatic nitrogens is 1. The summed E-state index contributed by atoms with van der Waals surface area (Å²) in [4.78, 5) is 3.58. The van der Waals surface area contributed by atoms with Crippen LogP contribution >= 0.6 is 0 Å². The summed E-state index contributed by atoms with van der Waals surface area (Å²) in [6.07, 6.45) is -1.29. The molecule has 146 valence electrons. The Hall–Kier alpha value is -2.77. The van der Waals surface area contributed by atoms with Crippen LogP contribution in [0.1, 0.15) is 17.2 Å². The second-order valence-corrected chi connectivity index (χ2v) is 8.74. The van der Waals surface area contributed by atoms with Crippen LogP contribution in [0.4, 0.5) is 5.69 Å². The SMILES string of the molecule is O=S(=O)(O)c1ccc2c(C3=Nc4ccccc4C3O)c(O)n(S(=O)(=O)O)c2c1. The third-order valence-corrected chi connectivity index (χ3v) is 6.07. The Labute approximate surface area is 158 Å². The number of aliphatic imine (C=N–C) groups is 1. The molecule has 0 spiro atoms. The van der Waals surface area contributed by atoms with Gasteiger partial charge in [-0.1, -0.05) is 24.3 Å². The first-order chi connectivity index (χ1) is 13.0. The molecule has 0 aliphatic carbocycles. The molecule has 0 radical (unpaired) electrons. The number of nitrogens with zero attached hydrogens (tertiary/aromatic N) is 2. The van der Waals surface area contributed by atoms with Gasteiger partial charge in [-0.05, 0) is 18.2 Å². The molecular weight excluding hydrogens is 412 g/mol. The van der Waals surface area contributed by atoms with E-state index in [0.717, 1.165) is 18.2 Å². The van der Waals surface area contributed by atoms with Gasteiger partial charge in [0.15, 0.2) is 0 Å². The standard InChI is InChI=1S/C16H12N2O8S2/c19-15-9-3-1-2-4-11(9)17-14(15)13-10-6-5-8(27(21,22)23)7-12(10)18(16(13)20)28(24,25)26/h1-7,15,19-20H,(H,21,22,23)(H,24,25,26). The summed E-state index contributed by atoms with van der Waals surface area (Å²) >= 11 is 0. The van der Waals surface area contributed by atoms with Crippen molar-refractivity contribution >= 4 is 42.7 Å². The zero-order valence-electron chi connectivity index (χ0n) is 13.8. The van der Waals surface area contributed by atoms with Gasteiger partial charge in [-0.15, -0.1) is 0 Å². The number of hydrogen-bond acceptors (Lipinski definition) is 7. The molecule has 1 aromatic heterocycles. The Bertz CT molecular complexity index is 1390. The molecule has 0 saturated heterocycles. The van der Waals surface area contributed by atoms with Gasteiger partial charge in [-0.2, -0.15) is 20.8 Å². The lowest BCUT2D eigenvalue weighted by Crippen LogP contribution is -2.12. The van der Waals surface area contributed by atoms with Crippen LogP contribution in [0.3, 0.4) is 0 Å². The quantitative estimate of drug-likeness (QED) is 0.458. The topological polar surface area (TPSA) is 166 Å². The highest BCUT2D eigenvalue weighted by Gasteiger charge is 2.34. The number of aliphatic hydroxyl groups is 1. The van der Waals surface area contributed by atoms with Crippen LogP contribution in [-0.2, 0) is 20.4 Å². The average Bonchev–Trinajstić information content (AvgIpc) is 3.07. The number of benzene rings is 2. The number of para-hydroxylation sites is 1. The number of fused-ring (bicyclic) bond motifs is 2. The van der Waals surface area contributed by atoms with Gasteiger partial charge in [0.2, 0.25) is 5.88 Å². The van der Waals surface area contributed by atoms with Gasteiger partial charge in [-0.3, -0.25) is 9.11 Å². The second kappa shape index (κ2) is 5.86. The van der Waals surface area contributed by atoms with Crippen molar-refractivity contribution in [1.29, 1.82) is 0 Å². The van der Waals surface area contributed by atoms with Gasteiger partial charge in [0.1, 0.15) is 6.10 Å². The molecule has 0 amide bonds. The minimum atomic E-state index is -5.06. The van der Waals surface area contributed by atoms with E-state index in [1.165, 1.54) is 0 Å². The fraction of sp³-hybridized carbons (Fsp3) is 0.0625. The number of rotatable bonds is 3. The Morgan fingerprint density at radius 2 is 1.68 bits per heavy atom. The molecule has 4 N–H and O–H groups in total. The first kappa shape index (κ1) is 18.6. The van der Waals surface area contributed by atoms with E-state index < -0.39 is 42.8 Å². The van der Waals surface area contributed by atoms with E-state index in [-0.39, 0.29) is 20.6 Å². The molecule has 2 aromatic carbocycles. The molecule has 1 aliphatic rings. The molecule has 1 aliphatic heterocycles. The van der Waals surface area contributed by atoms with Crippen molar-refractivity contribution < 1.29 is 36.2 Å². The summed E-state index contributed by atoms with van der Waals surface area (Å²) in [5.74, 6) is -0.962. The lowest BCUT2D eigenvalue weighted by atomic mass is 10.0. The number of hydrogen-bond donors (Lipinski definition) is 4. The molecule has 4 rings (SSSR count). The van der Waals surface area contributed by atoms with E-state index in [1.54, 1.807) is 24.3 Å². The first-order valence-electron chi connectivity index (χ1n) is 7.69. The second-order valence-electron chi connectivity index (χ2n) is 6.05. The molecule has 0 bridgehead atoms. The van der Waals surface area contributed by atoms with Crippen LogP contribution in [0.15, 0.2) is 52.4 Å². The maximum atomic E-state index is 11.8. The van der Waals surface area contributed by atoms with Crippen molar-refractivity contribution in [2.24, 2.45) is 4.99 Å². The Morgan fingerprint density at radius 1 is 1.00 bits per heavy atom. The highest BCUT2D eigenvalue weighted by atomic mass is 32.2. The maximum absolute atomic E-state index is 11.8. The smallest absolute Gasteiger partial charge is 0.366 e. The van der Waals surface area contributed by atoms with Crippen LogP contribution in [-0.4, -0.2) is 45.8 Å². The van der Waals surface area contributed by atoms with Crippen molar-refractivity contribution in [3.63, 3.8) is 0 Å². The summed E-state index contributed by atoms with van der Waals surface area (Å²) in [7, 11) is -9.75. The zero-order chi connectivity index (χ0) is 20.4. The molecule has 3 aromatic rings. The molecule has 28 heavy (non-hydrogen) atoms. The summed E-state index contributed by atoms with van der Waals surface area (Å²) in [5.41, 5.74) is 0.144. The minimum absolute atomic E-state index is 0.00636. The predicted molar refractivity (Wildman–Crippen MR) is 98.0 cm³/mol. The number of aliphatic hydroxyl groups excluding tert-OH is 1. The van der Waals surface area contributed by atoms with Crippen molar-refractivity contribution in [3.05, 3.63) is 53.6 Å². The molecule has 0 saturated carbocycles. The molecular formula is C16H12N2O8S2. The largest absolute Gasteiger partial charge is 0.493 e. The van der Waals surface area contributed by atoms with Crippen LogP contribution in [0.25, 0.3) is 10.9 Å². The van der Waals surface area contributed by atoms with Gasteiger partial charge in [-0.25, -0.2) is 4.99 Å². The lowest BCUT2D eigenvalue weighted by Gasteiger charge is -2.08. The van der Waals surface area contributed by atoms with E-state index in [0.29, 0.717) is 11.3 Å². The van der Waals surface area contributed by atoms with Crippen LogP contribution in [0, 0.1) is 0 Å². The molecule has 12 heteroatoms. The summed E-state index contributed by atoms with van der Waals surface area (Å²) in [6, 6.07) is 9.46. The van der Waals surface area contributed by atoms with E-state index in [2.05, 4.69) is 4.99 Å². The van der Waals surface area contributed by atoms with Crippen LogP contribution in [0.2, 0.25) is 0 Å². The third-order valence-electron chi connectivity index (χ3n) is 4.39. The fourth-order valence-electron chi connectivity index (χ4n) is 3.22. The zero-order valence-corrected chi connectivity index (χ0v) is 15.4. The van der Waals surface area contributed by atoms with Gasteiger partial charge >= 0.3 is 10.3 Å². The van der Waals surface area contributed by atoms with Crippen LogP contribution < -0.4 is 0 Å². The van der Waals surface area contributed by atoms with Gasteiger partial charge in [0, 0.05) is 10.9 Å². The molecule has 10 nitrogen and oxygen atoms in total. The van der Waals surface area contributed by atoms with E-state index in [9.17, 15) is 36.2 Å². The van der Waals surface area contributed by atoms with E-state index in [4.69, 9.17) is 0 Å². The van der Waals surface area contributed by atoms with Crippen molar-refractivity contribution in [2.45, 2.75) is 11.0 Å². The summed E-state index contributed by atoms with van der Waals surface area (Å²) in [6.45, 7) is 0. The van der Waals surface area contributed by atoms with Gasteiger partial charge < -0.3 is 10.2 Å².